The molecule has 0 bridgehead atoms. The summed E-state index contributed by atoms with van der Waals surface area (Å²) in [5.41, 5.74) is 8.40. The Hall–Kier alpha value is -0.570. The average molecular weight is 326 g/mol. The minimum absolute atomic E-state index is 0.00370. The summed E-state index contributed by atoms with van der Waals surface area (Å²) in [5, 5.41) is 10.5. The lowest BCUT2D eigenvalue weighted by molar-refractivity contribution is 0.120. The summed E-state index contributed by atoms with van der Waals surface area (Å²) in [7, 11) is 0. The number of hydrogen-bond donors (Lipinski definition) is 2. The summed E-state index contributed by atoms with van der Waals surface area (Å²) in [6, 6.07) is 6.13. The smallest absolute Gasteiger partial charge is 0.0482 e. The number of aryl methyl sites for hydroxylation is 1. The van der Waals surface area contributed by atoms with E-state index in [4.69, 9.17) is 17.3 Å². The van der Waals surface area contributed by atoms with Gasteiger partial charge in [0.25, 0.3) is 0 Å². The normalized spacial score (nSPS) is 16.6. The Kier molecular flexibility index (Phi) is 6.49. The molecule has 1 aromatic rings. The van der Waals surface area contributed by atoms with E-state index in [1.807, 2.05) is 13.0 Å². The molecule has 0 radical (unpaired) electrons. The molecule has 0 spiro atoms. The zero-order chi connectivity index (χ0) is 17.1. The SMILES string of the molecule is CC(C)C(CO)[C@@](C)(N)c1ccc(CCC(C)(C)C)c(Cl)c1. The Morgan fingerprint density at radius 1 is 1.18 bits per heavy atom. The zero-order valence-corrected chi connectivity index (χ0v) is 15.7. The highest BCUT2D eigenvalue weighted by Crippen LogP contribution is 2.34. The lowest BCUT2D eigenvalue weighted by Gasteiger charge is -2.36. The van der Waals surface area contributed by atoms with Crippen molar-refractivity contribution in [3.8, 4) is 0 Å². The second-order valence-electron chi connectivity index (χ2n) is 8.18. The van der Waals surface area contributed by atoms with E-state index in [2.05, 4.69) is 46.8 Å². The third kappa shape index (κ3) is 4.97. The van der Waals surface area contributed by atoms with Crippen molar-refractivity contribution in [1.29, 1.82) is 0 Å². The second kappa shape index (κ2) is 7.33. The molecule has 0 amide bonds. The first-order valence-corrected chi connectivity index (χ1v) is 8.55. The summed E-state index contributed by atoms with van der Waals surface area (Å²) in [4.78, 5) is 0. The van der Waals surface area contributed by atoms with Crippen molar-refractivity contribution < 1.29 is 5.11 Å². The summed E-state index contributed by atoms with van der Waals surface area (Å²) in [6.45, 7) is 12.9. The Labute approximate surface area is 141 Å². The maximum absolute atomic E-state index is 9.68. The molecule has 0 aliphatic rings. The van der Waals surface area contributed by atoms with Gasteiger partial charge in [-0.1, -0.05) is 58.4 Å². The summed E-state index contributed by atoms with van der Waals surface area (Å²) in [5.74, 6) is 0.309. The van der Waals surface area contributed by atoms with Gasteiger partial charge in [-0.25, -0.2) is 0 Å². The van der Waals surface area contributed by atoms with Crippen molar-refractivity contribution in [1.82, 2.24) is 0 Å². The van der Waals surface area contributed by atoms with E-state index in [1.54, 1.807) is 0 Å². The van der Waals surface area contributed by atoms with Crippen LogP contribution in [0.4, 0.5) is 0 Å². The van der Waals surface area contributed by atoms with Gasteiger partial charge in [0, 0.05) is 23.1 Å². The summed E-state index contributed by atoms with van der Waals surface area (Å²) >= 11 is 6.47. The fourth-order valence-corrected chi connectivity index (χ4v) is 3.18. The third-order valence-corrected chi connectivity index (χ3v) is 4.94. The van der Waals surface area contributed by atoms with Crippen molar-refractivity contribution in [3.05, 3.63) is 34.3 Å². The van der Waals surface area contributed by atoms with E-state index in [0.29, 0.717) is 11.3 Å². The monoisotopic (exact) mass is 325 g/mol. The predicted octanol–water partition coefficient (Wildman–Crippen LogP) is 4.76. The van der Waals surface area contributed by atoms with Gasteiger partial charge in [0.05, 0.1) is 0 Å². The molecule has 2 nitrogen and oxygen atoms in total. The van der Waals surface area contributed by atoms with Gasteiger partial charge in [0.1, 0.15) is 0 Å². The standard InChI is InChI=1S/C19H32ClNO/c1-13(2)16(12-22)19(6,21)15-8-7-14(17(20)11-15)9-10-18(3,4)5/h7-8,11,13,16,22H,9-10,12,21H2,1-6H3/t16?,19-/m0/s1. The fourth-order valence-electron chi connectivity index (χ4n) is 2.90. The van der Waals surface area contributed by atoms with Gasteiger partial charge in [-0.2, -0.15) is 0 Å². The molecule has 126 valence electrons. The first-order valence-electron chi connectivity index (χ1n) is 8.17. The van der Waals surface area contributed by atoms with E-state index in [-0.39, 0.29) is 12.5 Å². The molecule has 3 heteroatoms. The summed E-state index contributed by atoms with van der Waals surface area (Å²) in [6.07, 6.45) is 2.06. The summed E-state index contributed by atoms with van der Waals surface area (Å²) < 4.78 is 0. The maximum atomic E-state index is 9.68. The molecule has 1 unspecified atom stereocenters. The van der Waals surface area contributed by atoms with Crippen LogP contribution in [0.1, 0.15) is 59.1 Å². The predicted molar refractivity (Wildman–Crippen MR) is 96.2 cm³/mol. The molecule has 0 aliphatic carbocycles. The van der Waals surface area contributed by atoms with Gasteiger partial charge < -0.3 is 10.8 Å². The first-order chi connectivity index (χ1) is 9.99. The molecule has 0 saturated heterocycles. The lowest BCUT2D eigenvalue weighted by Crippen LogP contribution is -2.45. The Balaban J connectivity index is 3.01. The van der Waals surface area contributed by atoms with E-state index in [1.165, 1.54) is 5.56 Å². The van der Waals surface area contributed by atoms with E-state index >= 15 is 0 Å². The number of rotatable bonds is 6. The number of halogens is 1. The molecular formula is C19H32ClNO. The van der Waals surface area contributed by atoms with Crippen molar-refractivity contribution >= 4 is 11.6 Å². The van der Waals surface area contributed by atoms with Crippen LogP contribution in [-0.4, -0.2) is 11.7 Å². The zero-order valence-electron chi connectivity index (χ0n) is 14.9. The molecular weight excluding hydrogens is 294 g/mol. The van der Waals surface area contributed by atoms with Crippen LogP contribution in [0, 0.1) is 17.3 Å². The maximum Gasteiger partial charge on any atom is 0.0482 e. The molecule has 22 heavy (non-hydrogen) atoms. The number of benzene rings is 1. The molecule has 0 heterocycles. The first kappa shape index (κ1) is 19.5. The fraction of sp³-hybridized carbons (Fsp3) is 0.684. The molecule has 0 aliphatic heterocycles. The Morgan fingerprint density at radius 3 is 2.18 bits per heavy atom. The number of hydrogen-bond acceptors (Lipinski definition) is 2. The van der Waals surface area contributed by atoms with Crippen LogP contribution in [-0.2, 0) is 12.0 Å². The second-order valence-corrected chi connectivity index (χ2v) is 8.59. The quantitative estimate of drug-likeness (QED) is 0.792. The highest BCUT2D eigenvalue weighted by molar-refractivity contribution is 6.31. The van der Waals surface area contributed by atoms with Gasteiger partial charge in [-0.15, -0.1) is 0 Å². The average Bonchev–Trinajstić information content (AvgIpc) is 2.36. The molecule has 0 fully saturated rings. The van der Waals surface area contributed by atoms with Crippen LogP contribution in [0.3, 0.4) is 0 Å². The van der Waals surface area contributed by atoms with Gasteiger partial charge in [-0.05, 0) is 48.3 Å². The van der Waals surface area contributed by atoms with E-state index in [9.17, 15) is 5.11 Å². The molecule has 1 rings (SSSR count). The van der Waals surface area contributed by atoms with Gasteiger partial charge in [0.15, 0.2) is 0 Å². The number of nitrogens with two attached hydrogens (primary N) is 1. The van der Waals surface area contributed by atoms with Crippen LogP contribution in [0.15, 0.2) is 18.2 Å². The molecule has 1 aromatic carbocycles. The van der Waals surface area contributed by atoms with E-state index in [0.717, 1.165) is 23.4 Å². The number of aliphatic hydroxyl groups excluding tert-OH is 1. The largest absolute Gasteiger partial charge is 0.396 e. The van der Waals surface area contributed by atoms with Crippen LogP contribution in [0.2, 0.25) is 5.02 Å². The van der Waals surface area contributed by atoms with Crippen LogP contribution in [0.5, 0.6) is 0 Å². The molecule has 3 N–H and O–H groups in total. The molecule has 0 aromatic heterocycles. The number of aliphatic hydroxyl groups is 1. The van der Waals surface area contributed by atoms with Crippen molar-refractivity contribution in [2.75, 3.05) is 6.61 Å². The van der Waals surface area contributed by atoms with Gasteiger partial charge in [-0.3, -0.25) is 0 Å². The van der Waals surface area contributed by atoms with Crippen LogP contribution in [0.25, 0.3) is 0 Å². The topological polar surface area (TPSA) is 46.2 Å². The van der Waals surface area contributed by atoms with Crippen molar-refractivity contribution in [3.63, 3.8) is 0 Å². The van der Waals surface area contributed by atoms with Crippen LogP contribution >= 0.6 is 11.6 Å². The minimum Gasteiger partial charge on any atom is -0.396 e. The highest BCUT2D eigenvalue weighted by Gasteiger charge is 2.34. The van der Waals surface area contributed by atoms with Crippen molar-refractivity contribution in [2.45, 2.75) is 59.9 Å². The lowest BCUT2D eigenvalue weighted by atomic mass is 9.75. The third-order valence-electron chi connectivity index (χ3n) is 4.59. The minimum atomic E-state index is -0.588. The van der Waals surface area contributed by atoms with Gasteiger partial charge >= 0.3 is 0 Å². The van der Waals surface area contributed by atoms with Crippen molar-refractivity contribution in [2.24, 2.45) is 23.0 Å². The van der Waals surface area contributed by atoms with Gasteiger partial charge in [0.2, 0.25) is 0 Å². The van der Waals surface area contributed by atoms with E-state index < -0.39 is 5.54 Å². The molecule has 0 saturated carbocycles. The highest BCUT2D eigenvalue weighted by atomic mass is 35.5. The Bertz CT molecular complexity index is 489. The Morgan fingerprint density at radius 2 is 1.77 bits per heavy atom. The molecule has 2 atom stereocenters. The van der Waals surface area contributed by atoms with Crippen LogP contribution < -0.4 is 5.73 Å².